The van der Waals surface area contributed by atoms with Crippen LogP contribution in [0.25, 0.3) is 11.4 Å². The number of anilines is 3. The van der Waals surface area contributed by atoms with Crippen LogP contribution < -0.4 is 15.4 Å². The standard InChI is InChI=1S/C19H19F2N5O2/c20-18(21)28-14-7-5-13(6-8-14)24-17-12-16(15-4-1-2-9-22-15)25-19(26-17)23-10-3-11-27/h1-2,4-9,12,18,27H,3,10-11H2,(H2,23,24,25,26). The molecule has 0 unspecified atom stereocenters. The van der Waals surface area contributed by atoms with E-state index < -0.39 is 6.61 Å². The Morgan fingerprint density at radius 3 is 2.54 bits per heavy atom. The number of alkyl halides is 2. The second kappa shape index (κ2) is 9.56. The van der Waals surface area contributed by atoms with Crippen molar-refractivity contribution in [1.82, 2.24) is 15.0 Å². The van der Waals surface area contributed by atoms with Gasteiger partial charge in [-0.15, -0.1) is 0 Å². The highest BCUT2D eigenvalue weighted by Gasteiger charge is 2.09. The number of aromatic nitrogens is 3. The molecule has 0 fully saturated rings. The second-order valence-electron chi connectivity index (χ2n) is 5.71. The fraction of sp³-hybridized carbons (Fsp3) is 0.211. The molecule has 0 radical (unpaired) electrons. The maximum atomic E-state index is 12.3. The molecule has 146 valence electrons. The van der Waals surface area contributed by atoms with Crippen LogP contribution in [-0.4, -0.2) is 39.8 Å². The minimum absolute atomic E-state index is 0.0606. The molecule has 0 saturated heterocycles. The molecule has 0 atom stereocenters. The van der Waals surface area contributed by atoms with Gasteiger partial charge in [0.15, 0.2) is 0 Å². The van der Waals surface area contributed by atoms with Crippen molar-refractivity contribution in [1.29, 1.82) is 0 Å². The Morgan fingerprint density at radius 1 is 1.04 bits per heavy atom. The Hall–Kier alpha value is -3.33. The molecule has 7 nitrogen and oxygen atoms in total. The molecule has 2 aromatic heterocycles. The summed E-state index contributed by atoms with van der Waals surface area (Å²) in [6, 6.07) is 13.3. The average molecular weight is 387 g/mol. The normalized spacial score (nSPS) is 10.7. The number of rotatable bonds is 9. The molecule has 3 rings (SSSR count). The van der Waals surface area contributed by atoms with Gasteiger partial charge in [-0.05, 0) is 42.8 Å². The Bertz CT molecular complexity index is 879. The molecule has 1 aromatic carbocycles. The molecule has 0 bridgehead atoms. The van der Waals surface area contributed by atoms with E-state index in [1.165, 1.54) is 12.1 Å². The van der Waals surface area contributed by atoms with Crippen LogP contribution in [-0.2, 0) is 0 Å². The second-order valence-corrected chi connectivity index (χ2v) is 5.71. The number of halogens is 2. The van der Waals surface area contributed by atoms with Crippen LogP contribution in [0, 0.1) is 0 Å². The number of nitrogens with zero attached hydrogens (tertiary/aromatic N) is 3. The maximum absolute atomic E-state index is 12.3. The van der Waals surface area contributed by atoms with Crippen LogP contribution in [0.1, 0.15) is 6.42 Å². The van der Waals surface area contributed by atoms with Crippen molar-refractivity contribution >= 4 is 17.5 Å². The zero-order chi connectivity index (χ0) is 19.8. The predicted octanol–water partition coefficient (Wildman–Crippen LogP) is 3.68. The number of aliphatic hydroxyl groups is 1. The van der Waals surface area contributed by atoms with E-state index >= 15 is 0 Å². The van der Waals surface area contributed by atoms with Crippen molar-refractivity contribution in [3.8, 4) is 17.1 Å². The third-order valence-corrected chi connectivity index (χ3v) is 3.62. The summed E-state index contributed by atoms with van der Waals surface area (Å²) in [5.41, 5.74) is 1.94. The van der Waals surface area contributed by atoms with Gasteiger partial charge in [0.2, 0.25) is 5.95 Å². The lowest BCUT2D eigenvalue weighted by Gasteiger charge is -2.11. The lowest BCUT2D eigenvalue weighted by atomic mass is 10.2. The summed E-state index contributed by atoms with van der Waals surface area (Å²) in [5.74, 6) is 0.963. The molecular formula is C19H19F2N5O2. The molecule has 3 aromatic rings. The summed E-state index contributed by atoms with van der Waals surface area (Å²) in [6.07, 6.45) is 2.23. The van der Waals surface area contributed by atoms with Gasteiger partial charge in [0.25, 0.3) is 0 Å². The molecule has 0 aliphatic heterocycles. The van der Waals surface area contributed by atoms with E-state index in [1.807, 2.05) is 18.2 Å². The number of aliphatic hydroxyl groups excluding tert-OH is 1. The topological polar surface area (TPSA) is 92.2 Å². The Labute approximate surface area is 160 Å². The highest BCUT2D eigenvalue weighted by atomic mass is 19.3. The van der Waals surface area contributed by atoms with Gasteiger partial charge in [0, 0.05) is 31.1 Å². The Balaban J connectivity index is 1.83. The van der Waals surface area contributed by atoms with Crippen molar-refractivity contribution < 1.29 is 18.6 Å². The van der Waals surface area contributed by atoms with Gasteiger partial charge in [-0.2, -0.15) is 13.8 Å². The molecule has 9 heteroatoms. The average Bonchev–Trinajstić information content (AvgIpc) is 2.70. The minimum atomic E-state index is -2.87. The van der Waals surface area contributed by atoms with Gasteiger partial charge in [0.05, 0.1) is 11.4 Å². The quantitative estimate of drug-likeness (QED) is 0.482. The third-order valence-electron chi connectivity index (χ3n) is 3.62. The van der Waals surface area contributed by atoms with Crippen LogP contribution >= 0.6 is 0 Å². The zero-order valence-corrected chi connectivity index (χ0v) is 14.8. The summed E-state index contributed by atoms with van der Waals surface area (Å²) >= 11 is 0. The zero-order valence-electron chi connectivity index (χ0n) is 14.8. The maximum Gasteiger partial charge on any atom is 0.387 e. The van der Waals surface area contributed by atoms with Crippen molar-refractivity contribution in [3.05, 3.63) is 54.7 Å². The van der Waals surface area contributed by atoms with Gasteiger partial charge in [-0.1, -0.05) is 6.07 Å². The van der Waals surface area contributed by atoms with Crippen molar-refractivity contribution in [3.63, 3.8) is 0 Å². The summed E-state index contributed by atoms with van der Waals surface area (Å²) in [5, 5.41) is 15.1. The van der Waals surface area contributed by atoms with Crippen LogP contribution in [0.3, 0.4) is 0 Å². The summed E-state index contributed by atoms with van der Waals surface area (Å²) < 4.78 is 28.9. The predicted molar refractivity (Wildman–Crippen MR) is 102 cm³/mol. The third kappa shape index (κ3) is 5.58. The number of benzene rings is 1. The summed E-state index contributed by atoms with van der Waals surface area (Å²) in [4.78, 5) is 13.2. The SMILES string of the molecule is OCCCNc1nc(Nc2ccc(OC(F)F)cc2)cc(-c2ccccn2)n1. The lowest BCUT2D eigenvalue weighted by molar-refractivity contribution is -0.0498. The highest BCUT2D eigenvalue weighted by Crippen LogP contribution is 2.24. The number of nitrogens with one attached hydrogen (secondary N) is 2. The van der Waals surface area contributed by atoms with Crippen LogP contribution in [0.15, 0.2) is 54.7 Å². The fourth-order valence-corrected chi connectivity index (χ4v) is 2.38. The monoisotopic (exact) mass is 387 g/mol. The van der Waals surface area contributed by atoms with E-state index in [4.69, 9.17) is 5.11 Å². The van der Waals surface area contributed by atoms with E-state index in [1.54, 1.807) is 24.4 Å². The molecule has 0 aliphatic carbocycles. The molecule has 0 spiro atoms. The van der Waals surface area contributed by atoms with Crippen LogP contribution in [0.4, 0.5) is 26.2 Å². The fourth-order valence-electron chi connectivity index (χ4n) is 2.38. The van der Waals surface area contributed by atoms with E-state index in [0.29, 0.717) is 41.8 Å². The van der Waals surface area contributed by atoms with E-state index in [9.17, 15) is 8.78 Å². The van der Waals surface area contributed by atoms with E-state index in [-0.39, 0.29) is 12.4 Å². The number of pyridine rings is 1. The van der Waals surface area contributed by atoms with Gasteiger partial charge >= 0.3 is 6.61 Å². The lowest BCUT2D eigenvalue weighted by Crippen LogP contribution is -2.09. The van der Waals surface area contributed by atoms with Gasteiger partial charge < -0.3 is 20.5 Å². The summed E-state index contributed by atoms with van der Waals surface area (Å²) in [6.45, 7) is -2.29. The minimum Gasteiger partial charge on any atom is -0.435 e. The largest absolute Gasteiger partial charge is 0.435 e. The first-order valence-corrected chi connectivity index (χ1v) is 8.61. The molecule has 0 amide bonds. The van der Waals surface area contributed by atoms with Crippen molar-refractivity contribution in [2.45, 2.75) is 13.0 Å². The Kier molecular flexibility index (Phi) is 6.64. The molecule has 28 heavy (non-hydrogen) atoms. The van der Waals surface area contributed by atoms with Gasteiger partial charge in [-0.25, -0.2) is 4.98 Å². The first-order chi connectivity index (χ1) is 13.6. The molecular weight excluding hydrogens is 368 g/mol. The Morgan fingerprint density at radius 2 is 1.86 bits per heavy atom. The van der Waals surface area contributed by atoms with Crippen molar-refractivity contribution in [2.75, 3.05) is 23.8 Å². The first kappa shape index (κ1) is 19.4. The van der Waals surface area contributed by atoms with Gasteiger partial charge in [0.1, 0.15) is 11.6 Å². The van der Waals surface area contributed by atoms with Crippen LogP contribution in [0.2, 0.25) is 0 Å². The van der Waals surface area contributed by atoms with E-state index in [0.717, 1.165) is 0 Å². The van der Waals surface area contributed by atoms with Gasteiger partial charge in [-0.3, -0.25) is 4.98 Å². The van der Waals surface area contributed by atoms with Crippen molar-refractivity contribution in [2.24, 2.45) is 0 Å². The molecule has 3 N–H and O–H groups in total. The first-order valence-electron chi connectivity index (χ1n) is 8.61. The smallest absolute Gasteiger partial charge is 0.387 e. The molecule has 2 heterocycles. The van der Waals surface area contributed by atoms with Crippen LogP contribution in [0.5, 0.6) is 5.75 Å². The highest BCUT2D eigenvalue weighted by molar-refractivity contribution is 5.65. The number of hydrogen-bond donors (Lipinski definition) is 3. The number of hydrogen-bond acceptors (Lipinski definition) is 7. The summed E-state index contributed by atoms with van der Waals surface area (Å²) in [7, 11) is 0. The molecule has 0 aliphatic rings. The molecule has 0 saturated carbocycles. The number of ether oxygens (including phenoxy) is 1. The van der Waals surface area contributed by atoms with E-state index in [2.05, 4.69) is 30.3 Å².